The second kappa shape index (κ2) is 7.96. The van der Waals surface area contributed by atoms with E-state index in [-0.39, 0.29) is 5.76 Å². The smallest absolute Gasteiger partial charge is 0.326 e. The molecule has 1 aliphatic heterocycles. The van der Waals surface area contributed by atoms with Crippen molar-refractivity contribution in [3.8, 4) is 0 Å². The molecule has 8 nitrogen and oxygen atoms in total. The number of hydrogen-bond donors (Lipinski definition) is 3. The Morgan fingerprint density at radius 2 is 1.96 bits per heavy atom. The first-order chi connectivity index (χ1) is 11.3. The van der Waals surface area contributed by atoms with Crippen molar-refractivity contribution in [1.29, 1.82) is 0 Å². The zero-order valence-electron chi connectivity index (χ0n) is 13.5. The van der Waals surface area contributed by atoms with Crippen molar-refractivity contribution >= 4 is 17.8 Å². The third-order valence-corrected chi connectivity index (χ3v) is 4.12. The SMILES string of the molecule is CC1CCN(Cc2ccc(C(=O)N[C@@H](CC(=O)O)C(=O)O)o2)CC1. The topological polar surface area (TPSA) is 120 Å². The highest BCUT2D eigenvalue weighted by atomic mass is 16.4. The second-order valence-electron chi connectivity index (χ2n) is 6.19. The number of hydrogen-bond acceptors (Lipinski definition) is 5. The van der Waals surface area contributed by atoms with Crippen molar-refractivity contribution in [3.05, 3.63) is 23.7 Å². The van der Waals surface area contributed by atoms with E-state index in [1.807, 2.05) is 0 Å². The van der Waals surface area contributed by atoms with Crippen molar-refractivity contribution in [3.63, 3.8) is 0 Å². The van der Waals surface area contributed by atoms with Gasteiger partial charge < -0.3 is 19.9 Å². The van der Waals surface area contributed by atoms with Crippen LogP contribution in [0, 0.1) is 5.92 Å². The monoisotopic (exact) mass is 338 g/mol. The molecule has 0 aromatic carbocycles. The minimum absolute atomic E-state index is 0.0213. The molecule has 0 spiro atoms. The fourth-order valence-electron chi connectivity index (χ4n) is 2.63. The Balaban J connectivity index is 1.92. The molecular weight excluding hydrogens is 316 g/mol. The lowest BCUT2D eigenvalue weighted by atomic mass is 9.99. The molecule has 24 heavy (non-hydrogen) atoms. The van der Waals surface area contributed by atoms with Crippen LogP contribution < -0.4 is 5.32 Å². The number of aliphatic carboxylic acids is 2. The number of furan rings is 1. The fourth-order valence-corrected chi connectivity index (χ4v) is 2.63. The molecule has 2 rings (SSSR count). The van der Waals surface area contributed by atoms with Crippen molar-refractivity contribution in [2.45, 2.75) is 38.8 Å². The molecule has 1 aliphatic rings. The quantitative estimate of drug-likeness (QED) is 0.682. The van der Waals surface area contributed by atoms with Crippen molar-refractivity contribution < 1.29 is 29.0 Å². The lowest BCUT2D eigenvalue weighted by Gasteiger charge is -2.29. The number of amides is 1. The van der Waals surface area contributed by atoms with Crippen LogP contribution in [0.5, 0.6) is 0 Å². The zero-order valence-corrected chi connectivity index (χ0v) is 13.5. The molecule has 1 aromatic heterocycles. The third-order valence-electron chi connectivity index (χ3n) is 4.12. The van der Waals surface area contributed by atoms with Crippen LogP contribution in [0.25, 0.3) is 0 Å². The molecule has 1 saturated heterocycles. The number of rotatable bonds is 7. The average molecular weight is 338 g/mol. The lowest BCUT2D eigenvalue weighted by molar-refractivity contribution is -0.145. The van der Waals surface area contributed by atoms with E-state index < -0.39 is 30.3 Å². The summed E-state index contributed by atoms with van der Waals surface area (Å²) in [5.74, 6) is -2.11. The second-order valence-corrected chi connectivity index (χ2v) is 6.19. The van der Waals surface area contributed by atoms with E-state index >= 15 is 0 Å². The van der Waals surface area contributed by atoms with Crippen LogP contribution in [0.15, 0.2) is 16.5 Å². The minimum atomic E-state index is -1.49. The summed E-state index contributed by atoms with van der Waals surface area (Å²) in [5, 5.41) is 19.8. The van der Waals surface area contributed by atoms with Gasteiger partial charge in [0.15, 0.2) is 5.76 Å². The first-order valence-electron chi connectivity index (χ1n) is 7.91. The van der Waals surface area contributed by atoms with Gasteiger partial charge in [0.25, 0.3) is 5.91 Å². The predicted molar refractivity (Wildman–Crippen MR) is 83.5 cm³/mol. The molecule has 1 fully saturated rings. The summed E-state index contributed by atoms with van der Waals surface area (Å²) < 4.78 is 5.47. The maximum absolute atomic E-state index is 12.0. The van der Waals surface area contributed by atoms with E-state index in [1.54, 1.807) is 6.07 Å². The molecule has 2 heterocycles. The molecule has 1 atom stereocenters. The molecular formula is C16H22N2O6. The van der Waals surface area contributed by atoms with Gasteiger partial charge in [-0.25, -0.2) is 4.79 Å². The first-order valence-corrected chi connectivity index (χ1v) is 7.91. The fraction of sp³-hybridized carbons (Fsp3) is 0.562. The predicted octanol–water partition coefficient (Wildman–Crippen LogP) is 1.17. The summed E-state index contributed by atoms with van der Waals surface area (Å²) in [5.41, 5.74) is 0. The number of piperidine rings is 1. The van der Waals surface area contributed by atoms with E-state index in [9.17, 15) is 14.4 Å². The van der Waals surface area contributed by atoms with Gasteiger partial charge in [-0.1, -0.05) is 6.92 Å². The standard InChI is InChI=1S/C16H22N2O6/c1-10-4-6-18(7-5-10)9-11-2-3-13(24-11)15(21)17-12(16(22)23)8-14(19)20/h2-3,10,12H,4-9H2,1H3,(H,17,21)(H,19,20)(H,22,23)/t12-/m0/s1. The molecule has 132 valence electrons. The van der Waals surface area contributed by atoms with Crippen LogP contribution in [0.2, 0.25) is 0 Å². The van der Waals surface area contributed by atoms with Crippen LogP contribution in [0.4, 0.5) is 0 Å². The lowest BCUT2D eigenvalue weighted by Crippen LogP contribution is -2.42. The van der Waals surface area contributed by atoms with E-state index in [2.05, 4.69) is 17.1 Å². The molecule has 8 heteroatoms. The molecule has 0 radical (unpaired) electrons. The Kier molecular flexibility index (Phi) is 5.97. The van der Waals surface area contributed by atoms with Gasteiger partial charge in [-0.05, 0) is 44.0 Å². The molecule has 0 bridgehead atoms. The number of nitrogens with zero attached hydrogens (tertiary/aromatic N) is 1. The number of nitrogens with one attached hydrogen (secondary N) is 1. The summed E-state index contributed by atoms with van der Waals surface area (Å²) in [7, 11) is 0. The highest BCUT2D eigenvalue weighted by molar-refractivity contribution is 5.95. The molecule has 3 N–H and O–H groups in total. The number of likely N-dealkylation sites (tertiary alicyclic amines) is 1. The van der Waals surface area contributed by atoms with Crippen LogP contribution in [-0.2, 0) is 16.1 Å². The third kappa shape index (κ3) is 5.09. The molecule has 0 unspecified atom stereocenters. The molecule has 1 aromatic rings. The summed E-state index contributed by atoms with van der Waals surface area (Å²) >= 11 is 0. The minimum Gasteiger partial charge on any atom is -0.481 e. The average Bonchev–Trinajstić information content (AvgIpc) is 2.97. The summed E-state index contributed by atoms with van der Waals surface area (Å²) in [6.45, 7) is 4.77. The van der Waals surface area contributed by atoms with E-state index in [1.165, 1.54) is 6.07 Å². The van der Waals surface area contributed by atoms with E-state index in [0.717, 1.165) is 31.8 Å². The summed E-state index contributed by atoms with van der Waals surface area (Å²) in [6.07, 6.45) is 1.56. The van der Waals surface area contributed by atoms with Gasteiger partial charge in [0.05, 0.1) is 13.0 Å². The Labute approximate surface area is 139 Å². The number of carbonyl (C=O) groups is 3. The highest BCUT2D eigenvalue weighted by Crippen LogP contribution is 2.19. The number of carboxylic acids is 2. The first kappa shape index (κ1) is 18.0. The maximum Gasteiger partial charge on any atom is 0.326 e. The maximum atomic E-state index is 12.0. The number of carboxylic acid groups (broad SMARTS) is 2. The van der Waals surface area contributed by atoms with Crippen LogP contribution >= 0.6 is 0 Å². The molecule has 0 saturated carbocycles. The Hall–Kier alpha value is -2.35. The van der Waals surface area contributed by atoms with Crippen molar-refractivity contribution in [2.75, 3.05) is 13.1 Å². The largest absolute Gasteiger partial charge is 0.481 e. The van der Waals surface area contributed by atoms with E-state index in [0.29, 0.717) is 12.3 Å². The Morgan fingerprint density at radius 3 is 2.54 bits per heavy atom. The Morgan fingerprint density at radius 1 is 1.29 bits per heavy atom. The van der Waals surface area contributed by atoms with Gasteiger partial charge in [0.1, 0.15) is 11.8 Å². The zero-order chi connectivity index (χ0) is 17.7. The van der Waals surface area contributed by atoms with Gasteiger partial charge >= 0.3 is 11.9 Å². The van der Waals surface area contributed by atoms with Crippen molar-refractivity contribution in [1.82, 2.24) is 10.2 Å². The summed E-state index contributed by atoms with van der Waals surface area (Å²) in [6, 6.07) is 1.66. The molecule has 1 amide bonds. The molecule has 0 aliphatic carbocycles. The highest BCUT2D eigenvalue weighted by Gasteiger charge is 2.25. The number of carbonyl (C=O) groups excluding carboxylic acids is 1. The normalized spacial score (nSPS) is 17.4. The van der Waals surface area contributed by atoms with Crippen LogP contribution in [0.3, 0.4) is 0 Å². The van der Waals surface area contributed by atoms with Gasteiger partial charge in [-0.3, -0.25) is 14.5 Å². The summed E-state index contributed by atoms with van der Waals surface area (Å²) in [4.78, 5) is 35.9. The van der Waals surface area contributed by atoms with Gasteiger partial charge in [-0.2, -0.15) is 0 Å². The van der Waals surface area contributed by atoms with Gasteiger partial charge in [-0.15, -0.1) is 0 Å². The van der Waals surface area contributed by atoms with Gasteiger partial charge in [0, 0.05) is 0 Å². The van der Waals surface area contributed by atoms with E-state index in [4.69, 9.17) is 14.6 Å². The van der Waals surface area contributed by atoms with Crippen LogP contribution in [-0.4, -0.2) is 52.1 Å². The van der Waals surface area contributed by atoms with Crippen LogP contribution in [0.1, 0.15) is 42.5 Å². The van der Waals surface area contributed by atoms with Gasteiger partial charge in [0.2, 0.25) is 0 Å². The van der Waals surface area contributed by atoms with Crippen molar-refractivity contribution in [2.24, 2.45) is 5.92 Å². The Bertz CT molecular complexity index is 603.